The van der Waals surface area contributed by atoms with Crippen LogP contribution in [0.3, 0.4) is 0 Å². The Morgan fingerprint density at radius 3 is 2.71 bits per heavy atom. The van der Waals surface area contributed by atoms with Gasteiger partial charge in [-0.15, -0.1) is 0 Å². The number of carbonyl (C=O) groups is 1. The molecule has 1 aromatic carbocycles. The van der Waals surface area contributed by atoms with Crippen molar-refractivity contribution >= 4 is 18.3 Å². The van der Waals surface area contributed by atoms with E-state index in [4.69, 9.17) is 0 Å². The van der Waals surface area contributed by atoms with E-state index in [0.717, 1.165) is 5.56 Å². The van der Waals surface area contributed by atoms with Crippen LogP contribution in [0.4, 0.5) is 0 Å². The van der Waals surface area contributed by atoms with Gasteiger partial charge in [0.25, 0.3) is 0 Å². The fraction of sp³-hybridized carbons (Fsp3) is 0.0909. The van der Waals surface area contributed by atoms with Gasteiger partial charge in [0.1, 0.15) is 0 Å². The Morgan fingerprint density at radius 1 is 1.36 bits per heavy atom. The number of oxime groups is 1. The molecule has 3 heteroatoms. The van der Waals surface area contributed by atoms with Crippen LogP contribution in [0, 0.1) is 0 Å². The van der Waals surface area contributed by atoms with E-state index in [1.165, 1.54) is 12.3 Å². The third kappa shape index (κ3) is 3.67. The van der Waals surface area contributed by atoms with E-state index >= 15 is 0 Å². The largest absolute Gasteiger partial charge is 0.358 e. The van der Waals surface area contributed by atoms with Crippen molar-refractivity contribution in [1.82, 2.24) is 0 Å². The van der Waals surface area contributed by atoms with Gasteiger partial charge in [-0.2, -0.15) is 0 Å². The summed E-state index contributed by atoms with van der Waals surface area (Å²) in [5.74, 6) is -0.480. The van der Waals surface area contributed by atoms with Crippen LogP contribution < -0.4 is 0 Å². The van der Waals surface area contributed by atoms with Crippen LogP contribution >= 0.6 is 0 Å². The zero-order valence-corrected chi connectivity index (χ0v) is 7.88. The highest BCUT2D eigenvalue weighted by Gasteiger charge is 1.93. The number of carbonyl (C=O) groups excluding carboxylic acids is 1. The molecule has 0 aromatic heterocycles. The minimum Gasteiger partial charge on any atom is -0.314 e. The normalized spacial score (nSPS) is 10.9. The van der Waals surface area contributed by atoms with Gasteiger partial charge in [0.15, 0.2) is 0 Å². The SMILES string of the molecule is CC=NOC(=O)/C=C/c1ccccc1. The van der Waals surface area contributed by atoms with E-state index in [2.05, 4.69) is 9.99 Å². The van der Waals surface area contributed by atoms with Gasteiger partial charge in [0, 0.05) is 12.3 Å². The van der Waals surface area contributed by atoms with Crippen molar-refractivity contribution in [3.63, 3.8) is 0 Å². The van der Waals surface area contributed by atoms with E-state index < -0.39 is 5.97 Å². The molecule has 0 aliphatic rings. The van der Waals surface area contributed by atoms with Crippen LogP contribution in [-0.4, -0.2) is 12.2 Å². The Morgan fingerprint density at radius 2 is 2.07 bits per heavy atom. The molecule has 0 aliphatic carbocycles. The molecule has 0 saturated carbocycles. The molecule has 3 nitrogen and oxygen atoms in total. The number of rotatable bonds is 3. The highest BCUT2D eigenvalue weighted by atomic mass is 16.7. The molecule has 0 fully saturated rings. The molecule has 0 radical (unpaired) electrons. The summed E-state index contributed by atoms with van der Waals surface area (Å²) in [7, 11) is 0. The van der Waals surface area contributed by atoms with Crippen molar-refractivity contribution in [3.05, 3.63) is 42.0 Å². The third-order valence-corrected chi connectivity index (χ3v) is 1.46. The first-order valence-corrected chi connectivity index (χ1v) is 4.25. The molecular formula is C11H11NO2. The van der Waals surface area contributed by atoms with Crippen molar-refractivity contribution in [2.75, 3.05) is 0 Å². The topological polar surface area (TPSA) is 38.7 Å². The zero-order chi connectivity index (χ0) is 10.2. The number of nitrogens with zero attached hydrogens (tertiary/aromatic N) is 1. The van der Waals surface area contributed by atoms with Gasteiger partial charge in [-0.25, -0.2) is 4.79 Å². The standard InChI is InChI=1S/C11H11NO2/c1-2-12-14-11(13)9-8-10-6-4-3-5-7-10/h2-9H,1H3/b9-8+,12-2?. The average molecular weight is 189 g/mol. The first kappa shape index (κ1) is 10.2. The van der Waals surface area contributed by atoms with Crippen LogP contribution in [0.5, 0.6) is 0 Å². The van der Waals surface area contributed by atoms with Crippen LogP contribution in [0.1, 0.15) is 12.5 Å². The molecule has 0 bridgehead atoms. The second kappa shape index (κ2) is 5.70. The zero-order valence-electron chi connectivity index (χ0n) is 7.88. The van der Waals surface area contributed by atoms with Gasteiger partial charge in [-0.1, -0.05) is 35.5 Å². The molecule has 0 N–H and O–H groups in total. The molecule has 0 saturated heterocycles. The minimum absolute atomic E-state index is 0.480. The summed E-state index contributed by atoms with van der Waals surface area (Å²) < 4.78 is 0. The van der Waals surface area contributed by atoms with Crippen molar-refractivity contribution in [2.24, 2.45) is 5.16 Å². The summed E-state index contributed by atoms with van der Waals surface area (Å²) >= 11 is 0. The van der Waals surface area contributed by atoms with E-state index in [9.17, 15) is 4.79 Å². The van der Waals surface area contributed by atoms with Crippen molar-refractivity contribution in [1.29, 1.82) is 0 Å². The predicted molar refractivity (Wildman–Crippen MR) is 55.7 cm³/mol. The quantitative estimate of drug-likeness (QED) is 0.316. The first-order valence-electron chi connectivity index (χ1n) is 4.25. The maximum absolute atomic E-state index is 11.0. The monoisotopic (exact) mass is 189 g/mol. The highest BCUT2D eigenvalue weighted by Crippen LogP contribution is 2.00. The Bertz CT molecular complexity index is 342. The summed E-state index contributed by atoms with van der Waals surface area (Å²) in [6.45, 7) is 1.67. The third-order valence-electron chi connectivity index (χ3n) is 1.46. The molecule has 1 aromatic rings. The fourth-order valence-corrected chi connectivity index (χ4v) is 0.863. The predicted octanol–water partition coefficient (Wildman–Crippen LogP) is 2.25. The van der Waals surface area contributed by atoms with Gasteiger partial charge in [0.05, 0.1) is 0 Å². The van der Waals surface area contributed by atoms with Crippen LogP contribution in [0.2, 0.25) is 0 Å². The van der Waals surface area contributed by atoms with Crippen molar-refractivity contribution < 1.29 is 9.63 Å². The van der Waals surface area contributed by atoms with Crippen LogP contribution in [0.15, 0.2) is 41.6 Å². The Balaban J connectivity index is 2.52. The number of benzene rings is 1. The highest BCUT2D eigenvalue weighted by molar-refractivity contribution is 5.87. The second-order valence-corrected chi connectivity index (χ2v) is 2.52. The lowest BCUT2D eigenvalue weighted by Gasteiger charge is -1.91. The van der Waals surface area contributed by atoms with Crippen molar-refractivity contribution in [3.8, 4) is 0 Å². The van der Waals surface area contributed by atoms with Crippen LogP contribution in [0.25, 0.3) is 6.08 Å². The summed E-state index contributed by atoms with van der Waals surface area (Å²) in [4.78, 5) is 15.4. The lowest BCUT2D eigenvalue weighted by molar-refractivity contribution is -0.137. The Kier molecular flexibility index (Phi) is 4.14. The second-order valence-electron chi connectivity index (χ2n) is 2.52. The molecule has 0 unspecified atom stereocenters. The lowest BCUT2D eigenvalue weighted by atomic mass is 10.2. The van der Waals surface area contributed by atoms with Gasteiger partial charge in [-0.05, 0) is 18.6 Å². The van der Waals surface area contributed by atoms with Crippen molar-refractivity contribution in [2.45, 2.75) is 6.92 Å². The molecule has 0 amide bonds. The number of hydrogen-bond donors (Lipinski definition) is 0. The van der Waals surface area contributed by atoms with Gasteiger partial charge in [0.2, 0.25) is 0 Å². The molecule has 0 spiro atoms. The number of hydrogen-bond acceptors (Lipinski definition) is 3. The first-order chi connectivity index (χ1) is 6.83. The van der Waals surface area contributed by atoms with E-state index in [0.29, 0.717) is 0 Å². The maximum atomic E-state index is 11.0. The Hall–Kier alpha value is -1.90. The summed E-state index contributed by atoms with van der Waals surface area (Å²) in [6, 6.07) is 9.50. The van der Waals surface area contributed by atoms with E-state index in [-0.39, 0.29) is 0 Å². The molecule has 0 aliphatic heterocycles. The molecule has 14 heavy (non-hydrogen) atoms. The van der Waals surface area contributed by atoms with Gasteiger partial charge >= 0.3 is 5.97 Å². The van der Waals surface area contributed by atoms with Crippen LogP contribution in [-0.2, 0) is 9.63 Å². The molecular weight excluding hydrogens is 178 g/mol. The lowest BCUT2D eigenvalue weighted by Crippen LogP contribution is -1.93. The average Bonchev–Trinajstić information content (AvgIpc) is 2.25. The minimum atomic E-state index is -0.480. The summed E-state index contributed by atoms with van der Waals surface area (Å²) in [6.07, 6.45) is 4.42. The molecule has 0 heterocycles. The van der Waals surface area contributed by atoms with E-state index in [1.54, 1.807) is 13.0 Å². The molecule has 72 valence electrons. The smallest absolute Gasteiger partial charge is 0.314 e. The molecule has 0 atom stereocenters. The Labute approximate surface area is 82.7 Å². The molecule has 1 rings (SSSR count). The summed E-state index contributed by atoms with van der Waals surface area (Å²) in [5.41, 5.74) is 0.949. The van der Waals surface area contributed by atoms with Gasteiger partial charge < -0.3 is 4.84 Å². The van der Waals surface area contributed by atoms with E-state index in [1.807, 2.05) is 30.3 Å². The summed E-state index contributed by atoms with van der Waals surface area (Å²) in [5, 5.41) is 3.36. The maximum Gasteiger partial charge on any atom is 0.358 e. The van der Waals surface area contributed by atoms with Gasteiger partial charge in [-0.3, -0.25) is 0 Å². The fourth-order valence-electron chi connectivity index (χ4n) is 0.863.